The first-order chi connectivity index (χ1) is 12.4. The molecule has 0 unspecified atom stereocenters. The fraction of sp³-hybridized carbons (Fsp3) is 0.526. The number of carbonyl (C=O) groups excluding carboxylic acids is 2. The molecule has 1 aromatic carbocycles. The molecule has 7 heteroatoms. The predicted molar refractivity (Wildman–Crippen MR) is 93.2 cm³/mol. The average molecular weight is 361 g/mol. The summed E-state index contributed by atoms with van der Waals surface area (Å²) in [6.45, 7) is 3.86. The summed E-state index contributed by atoms with van der Waals surface area (Å²) in [5.74, 6) is -0.940. The van der Waals surface area contributed by atoms with Crippen molar-refractivity contribution in [2.75, 3.05) is 19.7 Å². The number of hydrogen-bond donors (Lipinski definition) is 1. The Morgan fingerprint density at radius 1 is 1.35 bits per heavy atom. The van der Waals surface area contributed by atoms with Crippen LogP contribution in [0.15, 0.2) is 24.3 Å². The van der Waals surface area contributed by atoms with Gasteiger partial charge >= 0.3 is 5.97 Å². The summed E-state index contributed by atoms with van der Waals surface area (Å²) in [6, 6.07) is 8.05. The maximum absolute atomic E-state index is 13.1. The number of nitrogens with one attached hydrogen (secondary N) is 1. The van der Waals surface area contributed by atoms with E-state index in [0.717, 1.165) is 18.4 Å². The van der Waals surface area contributed by atoms with E-state index in [9.17, 15) is 19.2 Å². The molecule has 0 heterocycles. The van der Waals surface area contributed by atoms with Gasteiger partial charge in [0.25, 0.3) is 0 Å². The van der Waals surface area contributed by atoms with Crippen molar-refractivity contribution in [3.63, 3.8) is 0 Å². The van der Waals surface area contributed by atoms with Crippen LogP contribution in [-0.4, -0.2) is 42.0 Å². The van der Waals surface area contributed by atoms with E-state index in [1.54, 1.807) is 30.9 Å². The van der Waals surface area contributed by atoms with E-state index in [4.69, 9.17) is 4.74 Å². The summed E-state index contributed by atoms with van der Waals surface area (Å²) >= 11 is 0. The Kier molecular flexibility index (Phi) is 6.70. The standard InChI is InChI=1S/C19H24FN3O3/c1-3-26-18(25)12-23(10-14-4-8-16(20)9-5-14)11-17(24)22-19(2,13-21)15-6-7-15/h4-5,8-9,15H,3,6-7,10-12H2,1-2H3,(H,22,24)/t19-/m1/s1. The molecule has 6 nitrogen and oxygen atoms in total. The van der Waals surface area contributed by atoms with Crippen LogP contribution in [0.4, 0.5) is 4.39 Å². The molecule has 1 saturated carbocycles. The van der Waals surface area contributed by atoms with Gasteiger partial charge in [-0.25, -0.2) is 4.39 Å². The second-order valence-electron chi connectivity index (χ2n) is 6.71. The first kappa shape index (κ1) is 19.9. The van der Waals surface area contributed by atoms with Crippen molar-refractivity contribution in [3.8, 4) is 6.07 Å². The molecule has 2 rings (SSSR count). The van der Waals surface area contributed by atoms with Gasteiger partial charge in [-0.2, -0.15) is 5.26 Å². The lowest BCUT2D eigenvalue weighted by Gasteiger charge is -2.26. The number of benzene rings is 1. The Balaban J connectivity index is 2.02. The van der Waals surface area contributed by atoms with E-state index < -0.39 is 11.5 Å². The number of rotatable bonds is 9. The summed E-state index contributed by atoms with van der Waals surface area (Å²) in [5, 5.41) is 12.1. The third-order valence-electron chi connectivity index (χ3n) is 4.37. The van der Waals surface area contributed by atoms with Crippen LogP contribution in [0.3, 0.4) is 0 Å². The second kappa shape index (κ2) is 8.77. The smallest absolute Gasteiger partial charge is 0.320 e. The molecule has 0 bridgehead atoms. The third-order valence-corrected chi connectivity index (χ3v) is 4.37. The van der Waals surface area contributed by atoms with Gasteiger partial charge in [-0.05, 0) is 50.3 Å². The van der Waals surface area contributed by atoms with E-state index >= 15 is 0 Å². The lowest BCUT2D eigenvalue weighted by molar-refractivity contribution is -0.144. The lowest BCUT2D eigenvalue weighted by atomic mass is 9.98. The Morgan fingerprint density at radius 2 is 2.00 bits per heavy atom. The molecule has 0 spiro atoms. The van der Waals surface area contributed by atoms with Crippen molar-refractivity contribution >= 4 is 11.9 Å². The Hall–Kier alpha value is -2.46. The number of ether oxygens (including phenoxy) is 1. The zero-order valence-electron chi connectivity index (χ0n) is 15.1. The van der Waals surface area contributed by atoms with Crippen LogP contribution in [0, 0.1) is 23.1 Å². The fourth-order valence-electron chi connectivity index (χ4n) is 2.82. The first-order valence-electron chi connectivity index (χ1n) is 8.71. The SMILES string of the molecule is CCOC(=O)CN(CC(=O)N[C@](C)(C#N)C1CC1)Cc1ccc(F)cc1. The molecule has 26 heavy (non-hydrogen) atoms. The molecule has 1 aromatic rings. The Morgan fingerprint density at radius 3 is 2.54 bits per heavy atom. The maximum atomic E-state index is 13.1. The zero-order chi connectivity index (χ0) is 19.2. The van der Waals surface area contributed by atoms with Gasteiger partial charge in [0.1, 0.15) is 11.4 Å². The third kappa shape index (κ3) is 5.81. The molecule has 1 N–H and O–H groups in total. The molecule has 1 fully saturated rings. The predicted octanol–water partition coefficient (Wildman–Crippen LogP) is 2.00. The Bertz CT molecular complexity index is 682. The van der Waals surface area contributed by atoms with Gasteiger partial charge in [-0.3, -0.25) is 14.5 Å². The van der Waals surface area contributed by atoms with Crippen molar-refractivity contribution in [1.29, 1.82) is 5.26 Å². The van der Waals surface area contributed by atoms with Crippen molar-refractivity contribution in [1.82, 2.24) is 10.2 Å². The van der Waals surface area contributed by atoms with Crippen molar-refractivity contribution < 1.29 is 18.7 Å². The molecule has 1 amide bonds. The molecule has 0 saturated heterocycles. The quantitative estimate of drug-likeness (QED) is 0.680. The number of hydrogen-bond acceptors (Lipinski definition) is 5. The monoisotopic (exact) mass is 361 g/mol. The van der Waals surface area contributed by atoms with Crippen LogP contribution < -0.4 is 5.32 Å². The van der Waals surface area contributed by atoms with E-state index in [1.807, 2.05) is 0 Å². The van der Waals surface area contributed by atoms with Gasteiger partial charge in [0.05, 0.1) is 25.8 Å². The van der Waals surface area contributed by atoms with E-state index in [0.29, 0.717) is 6.54 Å². The Labute approximate surface area is 152 Å². The summed E-state index contributed by atoms with van der Waals surface area (Å²) in [4.78, 5) is 25.9. The van der Waals surface area contributed by atoms with Crippen molar-refractivity contribution in [2.45, 2.75) is 38.8 Å². The van der Waals surface area contributed by atoms with Crippen LogP contribution in [0.25, 0.3) is 0 Å². The molecular formula is C19H24FN3O3. The molecule has 1 atom stereocenters. The highest BCUT2D eigenvalue weighted by Gasteiger charge is 2.43. The normalized spacial score (nSPS) is 15.8. The lowest BCUT2D eigenvalue weighted by Crippen LogP contribution is -2.50. The van der Waals surface area contributed by atoms with Crippen LogP contribution >= 0.6 is 0 Å². The number of carbonyl (C=O) groups is 2. The summed E-state index contributed by atoms with van der Waals surface area (Å²) in [5.41, 5.74) is -0.114. The molecular weight excluding hydrogens is 337 g/mol. The molecule has 0 radical (unpaired) electrons. The number of nitrogens with zero attached hydrogens (tertiary/aromatic N) is 2. The van der Waals surface area contributed by atoms with Crippen LogP contribution in [0.1, 0.15) is 32.3 Å². The van der Waals surface area contributed by atoms with Crippen molar-refractivity contribution in [2.24, 2.45) is 5.92 Å². The highest BCUT2D eigenvalue weighted by atomic mass is 19.1. The van der Waals surface area contributed by atoms with E-state index in [2.05, 4.69) is 11.4 Å². The second-order valence-corrected chi connectivity index (χ2v) is 6.71. The maximum Gasteiger partial charge on any atom is 0.320 e. The first-order valence-corrected chi connectivity index (χ1v) is 8.71. The molecule has 0 aromatic heterocycles. The van der Waals surface area contributed by atoms with E-state index in [-0.39, 0.29) is 37.3 Å². The average Bonchev–Trinajstić information content (AvgIpc) is 3.42. The fourth-order valence-corrected chi connectivity index (χ4v) is 2.82. The van der Waals surface area contributed by atoms with Crippen LogP contribution in [0.5, 0.6) is 0 Å². The minimum absolute atomic E-state index is 0.0554. The molecule has 1 aliphatic carbocycles. The summed E-state index contributed by atoms with van der Waals surface area (Å²) < 4.78 is 18.0. The minimum Gasteiger partial charge on any atom is -0.465 e. The van der Waals surface area contributed by atoms with Gasteiger partial charge in [0, 0.05) is 6.54 Å². The number of esters is 1. The highest BCUT2D eigenvalue weighted by Crippen LogP contribution is 2.39. The summed E-state index contributed by atoms with van der Waals surface area (Å²) in [6.07, 6.45) is 1.85. The van der Waals surface area contributed by atoms with Gasteiger partial charge in [0.15, 0.2) is 0 Å². The zero-order valence-corrected chi connectivity index (χ0v) is 15.1. The summed E-state index contributed by atoms with van der Waals surface area (Å²) in [7, 11) is 0. The van der Waals surface area contributed by atoms with Crippen molar-refractivity contribution in [3.05, 3.63) is 35.6 Å². The molecule has 140 valence electrons. The number of amides is 1. The van der Waals surface area contributed by atoms with Crippen LogP contribution in [-0.2, 0) is 20.9 Å². The largest absolute Gasteiger partial charge is 0.465 e. The van der Waals surface area contributed by atoms with Gasteiger partial charge in [-0.1, -0.05) is 12.1 Å². The number of nitriles is 1. The minimum atomic E-state index is -0.886. The van der Waals surface area contributed by atoms with Gasteiger partial charge in [0.2, 0.25) is 5.91 Å². The molecule has 0 aliphatic heterocycles. The number of halogens is 1. The van der Waals surface area contributed by atoms with Gasteiger partial charge in [-0.15, -0.1) is 0 Å². The molecule has 1 aliphatic rings. The highest BCUT2D eigenvalue weighted by molar-refractivity contribution is 5.80. The van der Waals surface area contributed by atoms with Gasteiger partial charge < -0.3 is 10.1 Å². The topological polar surface area (TPSA) is 82.4 Å². The van der Waals surface area contributed by atoms with E-state index in [1.165, 1.54) is 12.1 Å². The van der Waals surface area contributed by atoms with Crippen LogP contribution in [0.2, 0.25) is 0 Å².